The van der Waals surface area contributed by atoms with Gasteiger partial charge in [-0.25, -0.2) is 9.97 Å². The van der Waals surface area contributed by atoms with Gasteiger partial charge in [0.1, 0.15) is 11.3 Å². The molecule has 1 aliphatic heterocycles. The van der Waals surface area contributed by atoms with Crippen molar-refractivity contribution in [3.05, 3.63) is 28.3 Å². The third-order valence-electron chi connectivity index (χ3n) is 3.98. The molecule has 1 unspecified atom stereocenters. The second-order valence-electron chi connectivity index (χ2n) is 5.69. The van der Waals surface area contributed by atoms with Crippen molar-refractivity contribution in [3.63, 3.8) is 0 Å². The molecule has 4 rings (SSSR count). The lowest BCUT2D eigenvalue weighted by Crippen LogP contribution is -2.21. The van der Waals surface area contributed by atoms with E-state index in [0.29, 0.717) is 11.0 Å². The number of aromatic amines is 1. The summed E-state index contributed by atoms with van der Waals surface area (Å²) in [6, 6.07) is 0. The van der Waals surface area contributed by atoms with Crippen molar-refractivity contribution in [2.75, 3.05) is 18.0 Å². The molecule has 1 N–H and O–H groups in total. The van der Waals surface area contributed by atoms with Gasteiger partial charge in [-0.1, -0.05) is 0 Å². The minimum atomic E-state index is -1.27. The molecule has 0 aliphatic carbocycles. The molecule has 1 saturated heterocycles. The molecule has 1 aliphatic rings. The highest BCUT2D eigenvalue weighted by molar-refractivity contribution is 7.90. The molecular weight excluding hydrogens is 330 g/mol. The topological polar surface area (TPSA) is 80.8 Å². The molecule has 120 valence electrons. The summed E-state index contributed by atoms with van der Waals surface area (Å²) < 4.78 is 12.5. The molecule has 3 aromatic rings. The van der Waals surface area contributed by atoms with Crippen LogP contribution in [0.15, 0.2) is 22.1 Å². The summed E-state index contributed by atoms with van der Waals surface area (Å²) in [5.41, 5.74) is 2.86. The van der Waals surface area contributed by atoms with E-state index in [1.807, 2.05) is 23.9 Å². The predicted molar refractivity (Wildman–Crippen MR) is 92.3 cm³/mol. The Kier molecular flexibility index (Phi) is 3.96. The van der Waals surface area contributed by atoms with Gasteiger partial charge in [0, 0.05) is 46.8 Å². The number of rotatable bonds is 4. The van der Waals surface area contributed by atoms with Crippen molar-refractivity contribution in [1.29, 1.82) is 0 Å². The van der Waals surface area contributed by atoms with Gasteiger partial charge in [-0.3, -0.25) is 4.98 Å². The third kappa shape index (κ3) is 2.93. The Hall–Kier alpha value is -1.64. The molecule has 8 heteroatoms. The van der Waals surface area contributed by atoms with E-state index in [1.165, 1.54) is 12.8 Å². The molecule has 0 aromatic carbocycles. The van der Waals surface area contributed by atoms with E-state index in [2.05, 4.69) is 24.8 Å². The van der Waals surface area contributed by atoms with Gasteiger partial charge in [0.25, 0.3) is 0 Å². The van der Waals surface area contributed by atoms with Gasteiger partial charge < -0.3 is 9.45 Å². The average molecular weight is 347 g/mol. The molecule has 23 heavy (non-hydrogen) atoms. The third-order valence-corrected chi connectivity index (χ3v) is 5.86. The quantitative estimate of drug-likeness (QED) is 0.734. The molecule has 6 nitrogen and oxygen atoms in total. The predicted octanol–water partition coefficient (Wildman–Crippen LogP) is 2.63. The van der Waals surface area contributed by atoms with E-state index >= 15 is 0 Å². The SMILES string of the molecule is Cc1cnc(C[S+]([O-])c2nc3cscc3[nH]2)nc1N1CCCC1. The van der Waals surface area contributed by atoms with Gasteiger partial charge in [-0.15, -0.1) is 11.3 Å². The van der Waals surface area contributed by atoms with Crippen LogP contribution in [0.25, 0.3) is 11.0 Å². The summed E-state index contributed by atoms with van der Waals surface area (Å²) in [6.07, 6.45) is 4.23. The van der Waals surface area contributed by atoms with E-state index in [9.17, 15) is 4.55 Å². The first kappa shape index (κ1) is 14.9. The first-order chi connectivity index (χ1) is 11.2. The number of fused-ring (bicyclic) bond motifs is 1. The summed E-state index contributed by atoms with van der Waals surface area (Å²) in [4.78, 5) is 18.8. The Bertz CT molecular complexity index is 796. The van der Waals surface area contributed by atoms with Crippen LogP contribution in [0.2, 0.25) is 0 Å². The maximum Gasteiger partial charge on any atom is 0.322 e. The van der Waals surface area contributed by atoms with Crippen molar-refractivity contribution >= 4 is 39.4 Å². The Balaban J connectivity index is 1.55. The maximum atomic E-state index is 12.5. The first-order valence-electron chi connectivity index (χ1n) is 7.58. The van der Waals surface area contributed by atoms with E-state index in [0.717, 1.165) is 35.5 Å². The van der Waals surface area contributed by atoms with Crippen LogP contribution in [0, 0.1) is 6.92 Å². The van der Waals surface area contributed by atoms with E-state index in [-0.39, 0.29) is 5.75 Å². The van der Waals surface area contributed by atoms with Gasteiger partial charge in [0.2, 0.25) is 0 Å². The minimum Gasteiger partial charge on any atom is -0.609 e. The van der Waals surface area contributed by atoms with Crippen LogP contribution >= 0.6 is 11.3 Å². The van der Waals surface area contributed by atoms with Crippen LogP contribution < -0.4 is 4.90 Å². The van der Waals surface area contributed by atoms with Gasteiger partial charge >= 0.3 is 5.16 Å². The molecule has 0 bridgehead atoms. The zero-order chi connectivity index (χ0) is 15.8. The number of thiophene rings is 1. The van der Waals surface area contributed by atoms with Gasteiger partial charge in [0.15, 0.2) is 11.6 Å². The number of hydrogen-bond acceptors (Lipinski definition) is 6. The molecule has 0 spiro atoms. The van der Waals surface area contributed by atoms with Crippen molar-refractivity contribution in [1.82, 2.24) is 19.9 Å². The number of nitrogens with zero attached hydrogens (tertiary/aromatic N) is 4. The Morgan fingerprint density at radius 3 is 2.91 bits per heavy atom. The highest BCUT2D eigenvalue weighted by Crippen LogP contribution is 2.23. The number of hydrogen-bond donors (Lipinski definition) is 1. The number of anilines is 1. The molecule has 0 radical (unpaired) electrons. The van der Waals surface area contributed by atoms with Crippen LogP contribution in [0.5, 0.6) is 0 Å². The van der Waals surface area contributed by atoms with Gasteiger partial charge in [0.05, 0.1) is 5.52 Å². The summed E-state index contributed by atoms with van der Waals surface area (Å²) in [5.74, 6) is 1.86. The average Bonchev–Trinajstić information content (AvgIpc) is 3.25. The van der Waals surface area contributed by atoms with E-state index in [4.69, 9.17) is 0 Å². The number of nitrogens with one attached hydrogen (secondary N) is 1. The smallest absolute Gasteiger partial charge is 0.322 e. The maximum absolute atomic E-state index is 12.5. The van der Waals surface area contributed by atoms with Crippen LogP contribution in [-0.4, -0.2) is 37.6 Å². The largest absolute Gasteiger partial charge is 0.609 e. The lowest BCUT2D eigenvalue weighted by molar-refractivity contribution is 0.586. The molecule has 0 saturated carbocycles. The van der Waals surface area contributed by atoms with Crippen molar-refractivity contribution in [3.8, 4) is 0 Å². The summed E-state index contributed by atoms with van der Waals surface area (Å²) in [7, 11) is 0. The monoisotopic (exact) mass is 347 g/mol. The highest BCUT2D eigenvalue weighted by atomic mass is 32.2. The van der Waals surface area contributed by atoms with Crippen LogP contribution in [0.3, 0.4) is 0 Å². The number of aromatic nitrogens is 4. The summed E-state index contributed by atoms with van der Waals surface area (Å²) in [5, 5.41) is 4.41. The second-order valence-corrected chi connectivity index (χ2v) is 7.80. The zero-order valence-corrected chi connectivity index (χ0v) is 14.4. The lowest BCUT2D eigenvalue weighted by atomic mass is 10.3. The summed E-state index contributed by atoms with van der Waals surface area (Å²) >= 11 is 0.311. The molecule has 1 atom stereocenters. The Morgan fingerprint density at radius 2 is 2.13 bits per heavy atom. The molecule has 0 amide bonds. The fourth-order valence-electron chi connectivity index (χ4n) is 2.80. The zero-order valence-electron chi connectivity index (χ0n) is 12.8. The first-order valence-corrected chi connectivity index (χ1v) is 9.84. The Labute approximate surface area is 141 Å². The van der Waals surface area contributed by atoms with Crippen molar-refractivity contribution in [2.45, 2.75) is 30.7 Å². The van der Waals surface area contributed by atoms with Crippen molar-refractivity contribution in [2.24, 2.45) is 0 Å². The second kappa shape index (κ2) is 6.10. The van der Waals surface area contributed by atoms with Gasteiger partial charge in [-0.2, -0.15) is 4.98 Å². The van der Waals surface area contributed by atoms with Crippen LogP contribution in [-0.2, 0) is 16.9 Å². The highest BCUT2D eigenvalue weighted by Gasteiger charge is 2.21. The fraction of sp³-hybridized carbons (Fsp3) is 0.400. The summed E-state index contributed by atoms with van der Waals surface area (Å²) in [6.45, 7) is 4.10. The molecule has 3 aromatic heterocycles. The van der Waals surface area contributed by atoms with Crippen LogP contribution in [0.1, 0.15) is 24.2 Å². The van der Waals surface area contributed by atoms with Gasteiger partial charge in [-0.05, 0) is 19.8 Å². The lowest BCUT2D eigenvalue weighted by Gasteiger charge is -2.19. The van der Waals surface area contributed by atoms with E-state index < -0.39 is 11.2 Å². The fourth-order valence-corrected chi connectivity index (χ4v) is 4.43. The molecular formula is C15H17N5OS2. The molecule has 1 fully saturated rings. The van der Waals surface area contributed by atoms with Crippen molar-refractivity contribution < 1.29 is 4.55 Å². The minimum absolute atomic E-state index is 0.278. The Morgan fingerprint density at radius 1 is 1.30 bits per heavy atom. The number of H-pyrrole nitrogens is 1. The standard InChI is InChI=1S/C15H17N5OS2/c1-10-6-16-13(19-14(10)20-4-2-3-5-20)9-23(21)15-17-11-7-22-8-12(11)18-15/h6-8H,2-5,9H2,1H3,(H,17,18). The normalized spacial score (nSPS) is 16.3. The number of aryl methyl sites for hydroxylation is 1. The van der Waals surface area contributed by atoms with Crippen LogP contribution in [0.4, 0.5) is 5.82 Å². The molecule has 4 heterocycles. The number of imidazole rings is 1. The van der Waals surface area contributed by atoms with E-state index in [1.54, 1.807) is 11.3 Å².